The maximum atomic E-state index is 11.1. The molecule has 8 heteroatoms. The molecule has 5 N–H and O–H groups in total. The first-order valence-corrected chi connectivity index (χ1v) is 5.63. The van der Waals surface area contributed by atoms with Gasteiger partial charge in [-0.15, -0.1) is 0 Å². The van der Waals surface area contributed by atoms with E-state index in [0.29, 0.717) is 6.54 Å². The first-order chi connectivity index (χ1) is 6.41. The summed E-state index contributed by atoms with van der Waals surface area (Å²) in [4.78, 5) is 0. The summed E-state index contributed by atoms with van der Waals surface area (Å²) in [5, 5.41) is 11.0. The minimum atomic E-state index is -3.48. The first-order valence-electron chi connectivity index (χ1n) is 4.14. The van der Waals surface area contributed by atoms with Crippen LogP contribution in [0.25, 0.3) is 0 Å². The highest BCUT2D eigenvalue weighted by atomic mass is 32.2. The van der Waals surface area contributed by atoms with Crippen molar-refractivity contribution < 1.29 is 13.6 Å². The standard InChI is InChI=1S/C6H16N4O3S/c1-3-8-14(12,13)10-5(2)4-6(7)9-11/h5,8,10-11H,3-4H2,1-2H3,(H2,7,9). The van der Waals surface area contributed by atoms with Crippen LogP contribution < -0.4 is 15.2 Å². The lowest BCUT2D eigenvalue weighted by molar-refractivity contribution is 0.316. The van der Waals surface area contributed by atoms with Gasteiger partial charge in [0, 0.05) is 19.0 Å². The lowest BCUT2D eigenvalue weighted by Gasteiger charge is -2.12. The van der Waals surface area contributed by atoms with Gasteiger partial charge in [-0.3, -0.25) is 0 Å². The molecule has 0 heterocycles. The van der Waals surface area contributed by atoms with Crippen LogP contribution in [-0.4, -0.2) is 32.0 Å². The van der Waals surface area contributed by atoms with E-state index in [-0.39, 0.29) is 12.3 Å². The second kappa shape index (κ2) is 5.78. The van der Waals surface area contributed by atoms with Crippen LogP contribution in [0.15, 0.2) is 5.16 Å². The van der Waals surface area contributed by atoms with E-state index in [1.54, 1.807) is 13.8 Å². The molecule has 0 aliphatic heterocycles. The van der Waals surface area contributed by atoms with Gasteiger partial charge in [0.25, 0.3) is 10.2 Å². The monoisotopic (exact) mass is 224 g/mol. The van der Waals surface area contributed by atoms with E-state index in [9.17, 15) is 8.42 Å². The molecule has 0 bridgehead atoms. The number of rotatable bonds is 6. The lowest BCUT2D eigenvalue weighted by atomic mass is 10.2. The van der Waals surface area contributed by atoms with Gasteiger partial charge in [0.15, 0.2) is 0 Å². The molecule has 0 aliphatic carbocycles. The predicted molar refractivity (Wildman–Crippen MR) is 53.2 cm³/mol. The fourth-order valence-electron chi connectivity index (χ4n) is 0.893. The van der Waals surface area contributed by atoms with E-state index >= 15 is 0 Å². The maximum absolute atomic E-state index is 11.1. The molecule has 0 rings (SSSR count). The molecule has 1 unspecified atom stereocenters. The molecule has 0 saturated carbocycles. The number of nitrogens with one attached hydrogen (secondary N) is 2. The van der Waals surface area contributed by atoms with Crippen LogP contribution in [0.3, 0.4) is 0 Å². The molecule has 0 saturated heterocycles. The number of hydrogen-bond acceptors (Lipinski definition) is 4. The second-order valence-corrected chi connectivity index (χ2v) is 4.35. The van der Waals surface area contributed by atoms with Gasteiger partial charge < -0.3 is 10.9 Å². The van der Waals surface area contributed by atoms with Gasteiger partial charge in [0.1, 0.15) is 5.84 Å². The van der Waals surface area contributed by atoms with Gasteiger partial charge >= 0.3 is 0 Å². The van der Waals surface area contributed by atoms with Crippen molar-refractivity contribution in [2.75, 3.05) is 6.54 Å². The fraction of sp³-hybridized carbons (Fsp3) is 0.833. The maximum Gasteiger partial charge on any atom is 0.277 e. The fourth-order valence-corrected chi connectivity index (χ4v) is 1.97. The number of hydrogen-bond donors (Lipinski definition) is 4. The third-order valence-corrected chi connectivity index (χ3v) is 2.72. The Balaban J connectivity index is 4.12. The second-order valence-electron chi connectivity index (χ2n) is 2.82. The zero-order valence-electron chi connectivity index (χ0n) is 8.19. The molecule has 0 aromatic carbocycles. The van der Waals surface area contributed by atoms with Crippen LogP contribution in [0.4, 0.5) is 0 Å². The Labute approximate surface area is 83.5 Å². The molecule has 0 spiro atoms. The molecule has 0 aliphatic rings. The zero-order valence-corrected chi connectivity index (χ0v) is 9.00. The van der Waals surface area contributed by atoms with E-state index in [0.717, 1.165) is 0 Å². The summed E-state index contributed by atoms with van der Waals surface area (Å²) in [6.07, 6.45) is 0.154. The molecule has 0 amide bonds. The summed E-state index contributed by atoms with van der Waals surface area (Å²) in [7, 11) is -3.48. The van der Waals surface area contributed by atoms with E-state index in [1.807, 2.05) is 0 Å². The minimum Gasteiger partial charge on any atom is -0.409 e. The number of nitrogens with zero attached hydrogens (tertiary/aromatic N) is 1. The SMILES string of the molecule is CCNS(=O)(=O)NC(C)CC(N)=NO. The van der Waals surface area contributed by atoms with Crippen LogP contribution >= 0.6 is 0 Å². The van der Waals surface area contributed by atoms with E-state index < -0.39 is 16.3 Å². The lowest BCUT2D eigenvalue weighted by Crippen LogP contribution is -2.42. The van der Waals surface area contributed by atoms with Gasteiger partial charge in [-0.25, -0.2) is 4.72 Å². The number of oxime groups is 1. The van der Waals surface area contributed by atoms with Crippen molar-refractivity contribution in [3.8, 4) is 0 Å². The summed E-state index contributed by atoms with van der Waals surface area (Å²) in [6, 6.07) is -0.421. The number of nitrogens with two attached hydrogens (primary N) is 1. The Kier molecular flexibility index (Phi) is 5.43. The summed E-state index contributed by atoms with van der Waals surface area (Å²) in [6.45, 7) is 3.60. The minimum absolute atomic E-state index is 0.0169. The van der Waals surface area contributed by atoms with Crippen molar-refractivity contribution in [1.82, 2.24) is 9.44 Å². The predicted octanol–water partition coefficient (Wildman–Crippen LogP) is -1.04. The highest BCUT2D eigenvalue weighted by Crippen LogP contribution is 1.92. The summed E-state index contributed by atoms with van der Waals surface area (Å²) >= 11 is 0. The zero-order chi connectivity index (χ0) is 11.2. The Morgan fingerprint density at radius 1 is 1.64 bits per heavy atom. The van der Waals surface area contributed by atoms with Crippen molar-refractivity contribution in [1.29, 1.82) is 0 Å². The Morgan fingerprint density at radius 3 is 2.64 bits per heavy atom. The van der Waals surface area contributed by atoms with Gasteiger partial charge in [-0.1, -0.05) is 12.1 Å². The van der Waals surface area contributed by atoms with Crippen molar-refractivity contribution in [2.24, 2.45) is 10.9 Å². The van der Waals surface area contributed by atoms with Crippen LogP contribution in [0.1, 0.15) is 20.3 Å². The van der Waals surface area contributed by atoms with Crippen LogP contribution in [0.5, 0.6) is 0 Å². The third kappa shape index (κ3) is 5.73. The molecule has 0 aromatic rings. The van der Waals surface area contributed by atoms with Gasteiger partial charge in [0.2, 0.25) is 0 Å². The molecule has 0 aromatic heterocycles. The summed E-state index contributed by atoms with van der Waals surface area (Å²) in [5.41, 5.74) is 5.21. The smallest absolute Gasteiger partial charge is 0.277 e. The topological polar surface area (TPSA) is 117 Å². The molecule has 14 heavy (non-hydrogen) atoms. The third-order valence-electron chi connectivity index (χ3n) is 1.33. The molecular formula is C6H16N4O3S. The largest absolute Gasteiger partial charge is 0.409 e. The van der Waals surface area contributed by atoms with Gasteiger partial charge in [0.05, 0.1) is 0 Å². The summed E-state index contributed by atoms with van der Waals surface area (Å²) in [5.74, 6) is -0.0169. The Bertz CT molecular complexity index is 287. The Morgan fingerprint density at radius 2 is 2.21 bits per heavy atom. The van der Waals surface area contributed by atoms with Crippen molar-refractivity contribution >= 4 is 16.0 Å². The van der Waals surface area contributed by atoms with Gasteiger partial charge in [-0.2, -0.15) is 13.1 Å². The van der Waals surface area contributed by atoms with Gasteiger partial charge in [-0.05, 0) is 6.92 Å². The first kappa shape index (κ1) is 13.1. The number of amidine groups is 1. The average Bonchev–Trinajstić information content (AvgIpc) is 2.02. The quantitative estimate of drug-likeness (QED) is 0.199. The Hall–Kier alpha value is -0.860. The van der Waals surface area contributed by atoms with Crippen molar-refractivity contribution in [3.05, 3.63) is 0 Å². The molecule has 84 valence electrons. The van der Waals surface area contributed by atoms with E-state index in [1.165, 1.54) is 0 Å². The molecular weight excluding hydrogens is 208 g/mol. The average molecular weight is 224 g/mol. The molecule has 7 nitrogen and oxygen atoms in total. The highest BCUT2D eigenvalue weighted by Gasteiger charge is 2.13. The van der Waals surface area contributed by atoms with Crippen LogP contribution in [0.2, 0.25) is 0 Å². The highest BCUT2D eigenvalue weighted by molar-refractivity contribution is 7.87. The van der Waals surface area contributed by atoms with E-state index in [2.05, 4.69) is 14.6 Å². The summed E-state index contributed by atoms with van der Waals surface area (Å²) < 4.78 is 26.9. The molecule has 0 fully saturated rings. The molecule has 1 atom stereocenters. The van der Waals surface area contributed by atoms with Crippen LogP contribution in [-0.2, 0) is 10.2 Å². The van der Waals surface area contributed by atoms with E-state index in [4.69, 9.17) is 10.9 Å². The van der Waals surface area contributed by atoms with Crippen molar-refractivity contribution in [2.45, 2.75) is 26.3 Å². The molecule has 0 radical (unpaired) electrons. The van der Waals surface area contributed by atoms with Crippen molar-refractivity contribution in [3.63, 3.8) is 0 Å². The van der Waals surface area contributed by atoms with Crippen LogP contribution in [0, 0.1) is 0 Å². The normalized spacial score (nSPS) is 15.4.